The number of isocyanates is 1. The lowest BCUT2D eigenvalue weighted by molar-refractivity contribution is 0.549. The summed E-state index contributed by atoms with van der Waals surface area (Å²) in [5.74, 6) is 2.49. The first-order valence-electron chi connectivity index (χ1n) is 3.96. The second kappa shape index (κ2) is 1.22. The molecule has 4 aliphatic rings. The Kier molecular flexibility index (Phi) is 0.618. The highest BCUT2D eigenvalue weighted by molar-refractivity contribution is 5.41. The van der Waals surface area contributed by atoms with E-state index >= 15 is 0 Å². The van der Waals surface area contributed by atoms with E-state index in [0.717, 1.165) is 17.8 Å². The van der Waals surface area contributed by atoms with Crippen LogP contribution in [0.5, 0.6) is 0 Å². The Bertz CT molecular complexity index is 230. The van der Waals surface area contributed by atoms with Crippen LogP contribution in [0.2, 0.25) is 0 Å². The summed E-state index contributed by atoms with van der Waals surface area (Å²) in [6.07, 6.45) is 5.60. The molecule has 4 aliphatic carbocycles. The first-order chi connectivity index (χ1) is 4.87. The van der Waals surface area contributed by atoms with Crippen molar-refractivity contribution in [3.63, 3.8) is 0 Å². The third kappa shape index (κ3) is 0.325. The van der Waals surface area contributed by atoms with Gasteiger partial charge in [0.1, 0.15) is 0 Å². The van der Waals surface area contributed by atoms with Crippen molar-refractivity contribution < 1.29 is 4.79 Å². The molecule has 0 N–H and O–H groups in total. The summed E-state index contributed by atoms with van der Waals surface area (Å²) in [6.45, 7) is 0. The van der Waals surface area contributed by atoms with Gasteiger partial charge in [-0.25, -0.2) is 4.79 Å². The van der Waals surface area contributed by atoms with Crippen LogP contribution < -0.4 is 0 Å². The molecule has 4 rings (SSSR count). The maximum absolute atomic E-state index is 10.1. The van der Waals surface area contributed by atoms with Crippen LogP contribution in [0.4, 0.5) is 0 Å². The van der Waals surface area contributed by atoms with Crippen LogP contribution in [-0.4, -0.2) is 11.6 Å². The minimum atomic E-state index is 0.145. The zero-order valence-electron chi connectivity index (χ0n) is 5.71. The second-order valence-corrected chi connectivity index (χ2v) is 3.95. The predicted molar refractivity (Wildman–Crippen MR) is 35.2 cm³/mol. The lowest BCUT2D eigenvalue weighted by atomic mass is 10.1. The Morgan fingerprint density at radius 2 is 2.10 bits per heavy atom. The number of hydrogen-bond donors (Lipinski definition) is 0. The third-order valence-electron chi connectivity index (χ3n) is 3.70. The van der Waals surface area contributed by atoms with Crippen molar-refractivity contribution in [3.8, 4) is 0 Å². The van der Waals surface area contributed by atoms with Crippen LogP contribution in [0.25, 0.3) is 0 Å². The van der Waals surface area contributed by atoms with E-state index in [4.69, 9.17) is 0 Å². The summed E-state index contributed by atoms with van der Waals surface area (Å²) in [5, 5.41) is 0. The topological polar surface area (TPSA) is 29.4 Å². The van der Waals surface area contributed by atoms with Gasteiger partial charge in [0.15, 0.2) is 0 Å². The van der Waals surface area contributed by atoms with Crippen LogP contribution in [0, 0.1) is 17.8 Å². The lowest BCUT2D eigenvalue weighted by Crippen LogP contribution is -2.01. The number of carbonyl (C=O) groups excluding carboxylic acids is 1. The van der Waals surface area contributed by atoms with Gasteiger partial charge in [0.25, 0.3) is 0 Å². The Morgan fingerprint density at radius 1 is 1.40 bits per heavy atom. The number of nitrogens with zero attached hydrogens (tertiary/aromatic N) is 1. The summed E-state index contributed by atoms with van der Waals surface area (Å²) >= 11 is 0. The van der Waals surface area contributed by atoms with Gasteiger partial charge in [0.05, 0.1) is 5.54 Å². The highest BCUT2D eigenvalue weighted by Crippen LogP contribution is 2.74. The number of hydrogen-bond acceptors (Lipinski definition) is 2. The molecule has 2 atom stereocenters. The molecular formula is C8H9NO. The van der Waals surface area contributed by atoms with Crippen molar-refractivity contribution in [1.82, 2.24) is 0 Å². The van der Waals surface area contributed by atoms with Gasteiger partial charge >= 0.3 is 0 Å². The molecule has 10 heavy (non-hydrogen) atoms. The van der Waals surface area contributed by atoms with Gasteiger partial charge in [-0.05, 0) is 37.0 Å². The zero-order chi connectivity index (χ0) is 6.77. The smallest absolute Gasteiger partial charge is 0.211 e. The van der Waals surface area contributed by atoms with Crippen molar-refractivity contribution in [2.24, 2.45) is 22.7 Å². The van der Waals surface area contributed by atoms with Gasteiger partial charge in [0, 0.05) is 0 Å². The molecule has 2 heteroatoms. The third-order valence-corrected chi connectivity index (χ3v) is 3.70. The first kappa shape index (κ1) is 5.09. The minimum absolute atomic E-state index is 0.145. The predicted octanol–water partition coefficient (Wildman–Crippen LogP) is 1.12. The maximum atomic E-state index is 10.1. The van der Waals surface area contributed by atoms with Crippen LogP contribution in [0.1, 0.15) is 19.3 Å². The molecule has 4 bridgehead atoms. The maximum Gasteiger partial charge on any atom is 0.235 e. The van der Waals surface area contributed by atoms with E-state index in [1.54, 1.807) is 6.08 Å². The van der Waals surface area contributed by atoms with Crippen molar-refractivity contribution in [2.75, 3.05) is 0 Å². The molecule has 0 amide bonds. The lowest BCUT2D eigenvalue weighted by Gasteiger charge is -1.97. The summed E-state index contributed by atoms with van der Waals surface area (Å²) in [7, 11) is 0. The molecule has 52 valence electrons. The molecule has 0 aliphatic heterocycles. The molecule has 0 aromatic heterocycles. The van der Waals surface area contributed by atoms with Crippen molar-refractivity contribution in [3.05, 3.63) is 0 Å². The number of rotatable bonds is 1. The van der Waals surface area contributed by atoms with Gasteiger partial charge in [-0.2, -0.15) is 4.99 Å². The van der Waals surface area contributed by atoms with Crippen LogP contribution in [-0.2, 0) is 4.79 Å². The summed E-state index contributed by atoms with van der Waals surface area (Å²) in [4.78, 5) is 14.0. The van der Waals surface area contributed by atoms with Gasteiger partial charge in [-0.1, -0.05) is 0 Å². The zero-order valence-corrected chi connectivity index (χ0v) is 5.71. The summed E-state index contributed by atoms with van der Waals surface area (Å²) < 4.78 is 0. The molecule has 0 heterocycles. The van der Waals surface area contributed by atoms with E-state index in [-0.39, 0.29) is 5.54 Å². The highest BCUT2D eigenvalue weighted by atomic mass is 16.1. The van der Waals surface area contributed by atoms with E-state index in [9.17, 15) is 4.79 Å². The SMILES string of the molecule is O=C=NC12CC3CC1C2C3. The van der Waals surface area contributed by atoms with E-state index < -0.39 is 0 Å². The average Bonchev–Trinajstić information content (AvgIpc) is 2.44. The monoisotopic (exact) mass is 135 g/mol. The minimum Gasteiger partial charge on any atom is -0.211 e. The molecule has 0 radical (unpaired) electrons. The fraction of sp³-hybridized carbons (Fsp3) is 0.875. The molecule has 0 saturated heterocycles. The molecule has 0 spiro atoms. The van der Waals surface area contributed by atoms with E-state index in [0.29, 0.717) is 0 Å². The normalized spacial score (nSPS) is 60.2. The molecular weight excluding hydrogens is 126 g/mol. The van der Waals surface area contributed by atoms with Gasteiger partial charge in [-0.15, -0.1) is 0 Å². The Balaban J connectivity index is 2.06. The fourth-order valence-electron chi connectivity index (χ4n) is 3.37. The Morgan fingerprint density at radius 3 is 2.50 bits per heavy atom. The van der Waals surface area contributed by atoms with Crippen molar-refractivity contribution >= 4 is 6.08 Å². The standard InChI is InChI=1S/C8H9NO/c10-4-9-8-3-5-1-6(8)7(8)2-5/h5-7H,1-3H2. The highest BCUT2D eigenvalue weighted by Gasteiger charge is 2.75. The number of aliphatic imine (C=N–C) groups is 1. The van der Waals surface area contributed by atoms with Gasteiger partial charge < -0.3 is 0 Å². The Labute approximate surface area is 59.3 Å². The molecule has 0 aromatic carbocycles. The van der Waals surface area contributed by atoms with Crippen LogP contribution >= 0.6 is 0 Å². The van der Waals surface area contributed by atoms with E-state index in [2.05, 4.69) is 4.99 Å². The largest absolute Gasteiger partial charge is 0.235 e. The molecule has 2 nitrogen and oxygen atoms in total. The van der Waals surface area contributed by atoms with E-state index in [1.165, 1.54) is 19.3 Å². The van der Waals surface area contributed by atoms with E-state index in [1.807, 2.05) is 0 Å². The van der Waals surface area contributed by atoms with Gasteiger partial charge in [-0.3, -0.25) is 0 Å². The Hall–Kier alpha value is -0.620. The van der Waals surface area contributed by atoms with Crippen molar-refractivity contribution in [2.45, 2.75) is 24.8 Å². The van der Waals surface area contributed by atoms with Crippen LogP contribution in [0.15, 0.2) is 4.99 Å². The first-order valence-corrected chi connectivity index (χ1v) is 3.96. The van der Waals surface area contributed by atoms with Gasteiger partial charge in [0.2, 0.25) is 6.08 Å². The average molecular weight is 135 g/mol. The molecule has 4 fully saturated rings. The molecule has 2 unspecified atom stereocenters. The second-order valence-electron chi connectivity index (χ2n) is 3.95. The fourth-order valence-corrected chi connectivity index (χ4v) is 3.37. The quantitative estimate of drug-likeness (QED) is 0.391. The van der Waals surface area contributed by atoms with Crippen LogP contribution in [0.3, 0.4) is 0 Å². The molecule has 0 aromatic rings. The summed E-state index contributed by atoms with van der Waals surface area (Å²) in [6, 6.07) is 0. The van der Waals surface area contributed by atoms with Crippen molar-refractivity contribution in [1.29, 1.82) is 0 Å². The summed E-state index contributed by atoms with van der Waals surface area (Å²) in [5.41, 5.74) is 0.145. The molecule has 4 saturated carbocycles.